The summed E-state index contributed by atoms with van der Waals surface area (Å²) in [6, 6.07) is 0. The fourth-order valence-corrected chi connectivity index (χ4v) is 2.43. The molecule has 0 spiro atoms. The average molecular weight is 243 g/mol. The van der Waals surface area contributed by atoms with Gasteiger partial charge in [0.25, 0.3) is 0 Å². The maximum absolute atomic E-state index is 12.2. The molecule has 1 N–H and O–H groups in total. The van der Waals surface area contributed by atoms with E-state index >= 15 is 0 Å². The van der Waals surface area contributed by atoms with E-state index in [-0.39, 0.29) is 12.5 Å². The quantitative estimate of drug-likeness (QED) is 0.748. The van der Waals surface area contributed by atoms with Gasteiger partial charge in [0.15, 0.2) is 0 Å². The third-order valence-corrected chi connectivity index (χ3v) is 3.73. The van der Waals surface area contributed by atoms with Crippen molar-refractivity contribution in [2.45, 2.75) is 12.8 Å². The summed E-state index contributed by atoms with van der Waals surface area (Å²) < 4.78 is 10.4. The standard InChI is InChI=1S/C12H21NO4/c1-13(6-10-2-4-16-5-3-10)11(15)12(7-14)8-17-9-12/h10,14H,2-9H2,1H3. The smallest absolute Gasteiger partial charge is 0.235 e. The maximum Gasteiger partial charge on any atom is 0.235 e. The molecule has 0 aromatic rings. The van der Waals surface area contributed by atoms with Crippen LogP contribution in [0.25, 0.3) is 0 Å². The van der Waals surface area contributed by atoms with Gasteiger partial charge in [-0.15, -0.1) is 0 Å². The molecule has 0 aliphatic carbocycles. The highest BCUT2D eigenvalue weighted by atomic mass is 16.5. The van der Waals surface area contributed by atoms with Crippen LogP contribution < -0.4 is 0 Å². The second-order valence-corrected chi connectivity index (χ2v) is 5.17. The Hall–Kier alpha value is -0.650. The minimum absolute atomic E-state index is 0.0118. The van der Waals surface area contributed by atoms with Gasteiger partial charge in [-0.2, -0.15) is 0 Å². The van der Waals surface area contributed by atoms with Crippen molar-refractivity contribution < 1.29 is 19.4 Å². The summed E-state index contributed by atoms with van der Waals surface area (Å²) in [6.07, 6.45) is 2.03. The number of carbonyl (C=O) groups is 1. The lowest BCUT2D eigenvalue weighted by atomic mass is 9.85. The number of aliphatic hydroxyl groups is 1. The lowest BCUT2D eigenvalue weighted by Gasteiger charge is -2.41. The Kier molecular flexibility index (Phi) is 4.01. The summed E-state index contributed by atoms with van der Waals surface area (Å²) in [7, 11) is 1.81. The molecule has 0 bridgehead atoms. The van der Waals surface area contributed by atoms with Crippen LogP contribution in [0.5, 0.6) is 0 Å². The number of aliphatic hydroxyl groups excluding tert-OH is 1. The first-order valence-electron chi connectivity index (χ1n) is 6.20. The zero-order chi connectivity index (χ0) is 12.3. The number of carbonyl (C=O) groups excluding carboxylic acids is 1. The summed E-state index contributed by atoms with van der Waals surface area (Å²) in [5.74, 6) is 0.534. The lowest BCUT2D eigenvalue weighted by molar-refractivity contribution is -0.180. The molecule has 1 amide bonds. The van der Waals surface area contributed by atoms with Crippen LogP contribution in [0.4, 0.5) is 0 Å². The molecule has 2 heterocycles. The van der Waals surface area contributed by atoms with E-state index in [4.69, 9.17) is 9.47 Å². The summed E-state index contributed by atoms with van der Waals surface area (Å²) >= 11 is 0. The summed E-state index contributed by atoms with van der Waals surface area (Å²) in [4.78, 5) is 14.0. The molecular weight excluding hydrogens is 222 g/mol. The molecule has 0 radical (unpaired) electrons. The van der Waals surface area contributed by atoms with Crippen molar-refractivity contribution in [1.82, 2.24) is 4.90 Å². The van der Waals surface area contributed by atoms with Crippen LogP contribution in [0, 0.1) is 11.3 Å². The van der Waals surface area contributed by atoms with Gasteiger partial charge >= 0.3 is 0 Å². The molecule has 17 heavy (non-hydrogen) atoms. The molecule has 5 nitrogen and oxygen atoms in total. The van der Waals surface area contributed by atoms with Gasteiger partial charge in [0.05, 0.1) is 19.8 Å². The van der Waals surface area contributed by atoms with Crippen LogP contribution in [-0.2, 0) is 14.3 Å². The molecule has 5 heteroatoms. The molecule has 2 rings (SSSR count). The summed E-state index contributed by atoms with van der Waals surface area (Å²) in [6.45, 7) is 2.91. The van der Waals surface area contributed by atoms with Crippen molar-refractivity contribution in [1.29, 1.82) is 0 Å². The van der Waals surface area contributed by atoms with Gasteiger partial charge in [-0.25, -0.2) is 0 Å². The monoisotopic (exact) mass is 243 g/mol. The van der Waals surface area contributed by atoms with E-state index < -0.39 is 5.41 Å². The normalized spacial score (nSPS) is 24.1. The molecular formula is C12H21NO4. The van der Waals surface area contributed by atoms with Crippen LogP contribution in [0.3, 0.4) is 0 Å². The SMILES string of the molecule is CN(CC1CCOCC1)C(=O)C1(CO)COC1. The number of rotatable bonds is 4. The zero-order valence-corrected chi connectivity index (χ0v) is 10.4. The molecule has 0 unspecified atom stereocenters. The molecule has 98 valence electrons. The first-order valence-corrected chi connectivity index (χ1v) is 6.20. The Morgan fingerprint density at radius 3 is 2.47 bits per heavy atom. The first-order chi connectivity index (χ1) is 8.18. The third-order valence-electron chi connectivity index (χ3n) is 3.73. The van der Waals surface area contributed by atoms with E-state index in [0.29, 0.717) is 19.1 Å². The molecule has 0 aromatic heterocycles. The molecule has 0 saturated carbocycles. The average Bonchev–Trinajstić information content (AvgIpc) is 2.29. The zero-order valence-electron chi connectivity index (χ0n) is 10.4. The van der Waals surface area contributed by atoms with Crippen molar-refractivity contribution in [3.05, 3.63) is 0 Å². The van der Waals surface area contributed by atoms with E-state index in [2.05, 4.69) is 0 Å². The van der Waals surface area contributed by atoms with E-state index in [1.807, 2.05) is 7.05 Å². The van der Waals surface area contributed by atoms with Crippen LogP contribution in [-0.4, -0.2) is 62.5 Å². The Morgan fingerprint density at radius 2 is 2.00 bits per heavy atom. The Morgan fingerprint density at radius 1 is 1.35 bits per heavy atom. The number of hydrogen-bond acceptors (Lipinski definition) is 4. The van der Waals surface area contributed by atoms with Crippen LogP contribution in [0.1, 0.15) is 12.8 Å². The fraction of sp³-hybridized carbons (Fsp3) is 0.917. The Labute approximate surface area is 102 Å². The largest absolute Gasteiger partial charge is 0.395 e. The highest BCUT2D eigenvalue weighted by Crippen LogP contribution is 2.29. The van der Waals surface area contributed by atoms with Crippen molar-refractivity contribution in [2.24, 2.45) is 11.3 Å². The third kappa shape index (κ3) is 2.61. The predicted molar refractivity (Wildman–Crippen MR) is 61.5 cm³/mol. The van der Waals surface area contributed by atoms with Crippen molar-refractivity contribution in [3.63, 3.8) is 0 Å². The summed E-state index contributed by atoms with van der Waals surface area (Å²) in [5, 5.41) is 9.31. The molecule has 2 saturated heterocycles. The van der Waals surface area contributed by atoms with E-state index in [1.165, 1.54) is 0 Å². The van der Waals surface area contributed by atoms with Gasteiger partial charge in [0.2, 0.25) is 5.91 Å². The molecule has 2 aliphatic rings. The van der Waals surface area contributed by atoms with E-state index in [0.717, 1.165) is 32.6 Å². The van der Waals surface area contributed by atoms with Crippen LogP contribution >= 0.6 is 0 Å². The molecule has 0 atom stereocenters. The van der Waals surface area contributed by atoms with E-state index in [9.17, 15) is 9.90 Å². The summed E-state index contributed by atoms with van der Waals surface area (Å²) in [5.41, 5.74) is -0.667. The highest BCUT2D eigenvalue weighted by molar-refractivity contribution is 5.83. The highest BCUT2D eigenvalue weighted by Gasteiger charge is 2.47. The second kappa shape index (κ2) is 5.33. The van der Waals surface area contributed by atoms with Crippen molar-refractivity contribution in [2.75, 3.05) is 46.6 Å². The topological polar surface area (TPSA) is 59.0 Å². The number of nitrogens with zero attached hydrogens (tertiary/aromatic N) is 1. The Balaban J connectivity index is 1.86. The number of amides is 1. The van der Waals surface area contributed by atoms with Crippen LogP contribution in [0.2, 0.25) is 0 Å². The first kappa shape index (κ1) is 12.8. The second-order valence-electron chi connectivity index (χ2n) is 5.17. The van der Waals surface area contributed by atoms with Crippen molar-refractivity contribution >= 4 is 5.91 Å². The van der Waals surface area contributed by atoms with Crippen LogP contribution in [0.15, 0.2) is 0 Å². The number of hydrogen-bond donors (Lipinski definition) is 1. The van der Waals surface area contributed by atoms with E-state index in [1.54, 1.807) is 4.90 Å². The van der Waals surface area contributed by atoms with Gasteiger partial charge < -0.3 is 19.5 Å². The molecule has 0 aromatic carbocycles. The minimum atomic E-state index is -0.667. The molecule has 2 fully saturated rings. The predicted octanol–water partition coefficient (Wildman–Crippen LogP) is -0.120. The Bertz CT molecular complexity index is 266. The van der Waals surface area contributed by atoms with Crippen molar-refractivity contribution in [3.8, 4) is 0 Å². The van der Waals surface area contributed by atoms with Gasteiger partial charge in [-0.1, -0.05) is 0 Å². The number of ether oxygens (including phenoxy) is 2. The maximum atomic E-state index is 12.2. The fourth-order valence-electron chi connectivity index (χ4n) is 2.43. The molecule has 2 aliphatic heterocycles. The van der Waals surface area contributed by atoms with Gasteiger partial charge in [-0.05, 0) is 18.8 Å². The van der Waals surface area contributed by atoms with Gasteiger partial charge in [0.1, 0.15) is 5.41 Å². The van der Waals surface area contributed by atoms with Gasteiger partial charge in [-0.3, -0.25) is 4.79 Å². The van der Waals surface area contributed by atoms with Gasteiger partial charge in [0, 0.05) is 26.8 Å². The lowest BCUT2D eigenvalue weighted by Crippen LogP contribution is -2.57. The minimum Gasteiger partial charge on any atom is -0.395 e.